The lowest BCUT2D eigenvalue weighted by molar-refractivity contribution is 0.183. The summed E-state index contributed by atoms with van der Waals surface area (Å²) in [5.74, 6) is -1.21. The molecule has 0 aliphatic heterocycles. The van der Waals surface area contributed by atoms with Gasteiger partial charge in [-0.25, -0.2) is 8.78 Å². The van der Waals surface area contributed by atoms with E-state index in [0.717, 1.165) is 12.1 Å². The number of rotatable bonds is 4. The maximum Gasteiger partial charge on any atom is 0.146 e. The number of nitrogens with two attached hydrogens (primary N) is 1. The molecule has 0 unspecified atom stereocenters. The molecule has 0 aliphatic rings. The molecule has 1 aromatic heterocycles. The molecule has 2 aromatic rings. The lowest BCUT2D eigenvalue weighted by atomic mass is 10.1. The molecule has 6 heteroatoms. The van der Waals surface area contributed by atoms with Crippen molar-refractivity contribution in [2.45, 2.75) is 6.54 Å². The second-order valence-corrected chi connectivity index (χ2v) is 3.84. The molecule has 1 heterocycles. The molecule has 96 valence electrons. The Morgan fingerprint density at radius 1 is 1.33 bits per heavy atom. The molecule has 0 amide bonds. The largest absolute Gasteiger partial charge is 0.396 e. The Balaban J connectivity index is 2.31. The van der Waals surface area contributed by atoms with Crippen LogP contribution in [0.15, 0.2) is 24.5 Å². The van der Waals surface area contributed by atoms with Gasteiger partial charge in [-0.3, -0.25) is 4.68 Å². The molecule has 18 heavy (non-hydrogen) atoms. The number of methoxy groups -OCH3 is 1. The van der Waals surface area contributed by atoms with Crippen LogP contribution in [0.5, 0.6) is 0 Å². The molecule has 0 saturated heterocycles. The van der Waals surface area contributed by atoms with Crippen LogP contribution >= 0.6 is 0 Å². The molecule has 0 aliphatic carbocycles. The van der Waals surface area contributed by atoms with Crippen LogP contribution in [0.2, 0.25) is 0 Å². The Labute approximate surface area is 103 Å². The van der Waals surface area contributed by atoms with Crippen molar-refractivity contribution >= 4 is 5.69 Å². The number of nitrogen functional groups attached to an aromatic ring is 1. The van der Waals surface area contributed by atoms with Gasteiger partial charge in [0.1, 0.15) is 11.6 Å². The van der Waals surface area contributed by atoms with Gasteiger partial charge in [0.2, 0.25) is 0 Å². The van der Waals surface area contributed by atoms with E-state index in [1.165, 1.54) is 6.20 Å². The van der Waals surface area contributed by atoms with Gasteiger partial charge >= 0.3 is 0 Å². The molecule has 2 rings (SSSR count). The predicted molar refractivity (Wildman–Crippen MR) is 63.9 cm³/mol. The van der Waals surface area contributed by atoms with E-state index in [1.807, 2.05) is 0 Å². The van der Waals surface area contributed by atoms with Crippen molar-refractivity contribution in [1.29, 1.82) is 0 Å². The van der Waals surface area contributed by atoms with Gasteiger partial charge in [-0.15, -0.1) is 0 Å². The third kappa shape index (κ3) is 2.48. The molecule has 0 radical (unpaired) electrons. The topological polar surface area (TPSA) is 53.1 Å². The standard InChI is InChI=1S/C12H13F2N3O/c1-18-3-2-17-7-8(6-16-17)9-4-11(14)12(15)5-10(9)13/h4-7H,2-3,15H2,1H3. The summed E-state index contributed by atoms with van der Waals surface area (Å²) in [5.41, 5.74) is 5.73. The average molecular weight is 253 g/mol. The van der Waals surface area contributed by atoms with Gasteiger partial charge in [0.15, 0.2) is 0 Å². The van der Waals surface area contributed by atoms with Gasteiger partial charge in [-0.05, 0) is 6.07 Å². The third-order valence-corrected chi connectivity index (χ3v) is 2.56. The second kappa shape index (κ2) is 5.14. The first-order valence-electron chi connectivity index (χ1n) is 5.38. The van der Waals surface area contributed by atoms with E-state index in [2.05, 4.69) is 5.10 Å². The number of halogens is 2. The maximum atomic E-state index is 13.7. The van der Waals surface area contributed by atoms with Crippen molar-refractivity contribution in [3.05, 3.63) is 36.2 Å². The summed E-state index contributed by atoms with van der Waals surface area (Å²) in [6.45, 7) is 1.05. The Kier molecular flexibility index (Phi) is 3.57. The molecule has 4 nitrogen and oxygen atoms in total. The number of ether oxygens (including phenoxy) is 1. The van der Waals surface area contributed by atoms with Crippen LogP contribution in [0.25, 0.3) is 11.1 Å². The van der Waals surface area contributed by atoms with E-state index in [1.54, 1.807) is 18.0 Å². The fourth-order valence-electron chi connectivity index (χ4n) is 1.59. The minimum Gasteiger partial charge on any atom is -0.396 e. The summed E-state index contributed by atoms with van der Waals surface area (Å²) >= 11 is 0. The molecule has 0 bridgehead atoms. The number of hydrogen-bond donors (Lipinski definition) is 1. The summed E-state index contributed by atoms with van der Waals surface area (Å²) in [6, 6.07) is 2.04. The smallest absolute Gasteiger partial charge is 0.146 e. The second-order valence-electron chi connectivity index (χ2n) is 3.84. The highest BCUT2D eigenvalue weighted by Gasteiger charge is 2.11. The Morgan fingerprint density at radius 2 is 2.11 bits per heavy atom. The molecule has 0 atom stereocenters. The molecular weight excluding hydrogens is 240 g/mol. The van der Waals surface area contributed by atoms with Crippen molar-refractivity contribution in [2.24, 2.45) is 0 Å². The number of nitrogens with zero attached hydrogens (tertiary/aromatic N) is 2. The highest BCUT2D eigenvalue weighted by atomic mass is 19.1. The van der Waals surface area contributed by atoms with Crippen LogP contribution in [0.3, 0.4) is 0 Å². The van der Waals surface area contributed by atoms with E-state index < -0.39 is 11.6 Å². The van der Waals surface area contributed by atoms with E-state index >= 15 is 0 Å². The Morgan fingerprint density at radius 3 is 2.83 bits per heavy atom. The summed E-state index contributed by atoms with van der Waals surface area (Å²) in [4.78, 5) is 0. The van der Waals surface area contributed by atoms with Crippen LogP contribution in [0, 0.1) is 11.6 Å². The first-order chi connectivity index (χ1) is 8.61. The number of hydrogen-bond acceptors (Lipinski definition) is 3. The minimum absolute atomic E-state index is 0.144. The van der Waals surface area contributed by atoms with Crippen LogP contribution < -0.4 is 5.73 Å². The van der Waals surface area contributed by atoms with Crippen molar-refractivity contribution in [3.63, 3.8) is 0 Å². The monoisotopic (exact) mass is 253 g/mol. The maximum absolute atomic E-state index is 13.7. The van der Waals surface area contributed by atoms with Crippen molar-refractivity contribution in [1.82, 2.24) is 9.78 Å². The van der Waals surface area contributed by atoms with Crippen LogP contribution in [-0.4, -0.2) is 23.5 Å². The lowest BCUT2D eigenvalue weighted by Gasteiger charge is -2.03. The molecule has 0 saturated carbocycles. The van der Waals surface area contributed by atoms with Gasteiger partial charge in [0.05, 0.1) is 25.0 Å². The number of benzene rings is 1. The van der Waals surface area contributed by atoms with E-state index in [9.17, 15) is 8.78 Å². The van der Waals surface area contributed by atoms with Gasteiger partial charge in [0.25, 0.3) is 0 Å². The summed E-state index contributed by atoms with van der Waals surface area (Å²) in [6.07, 6.45) is 3.11. The van der Waals surface area contributed by atoms with E-state index in [4.69, 9.17) is 10.5 Å². The molecule has 0 fully saturated rings. The normalized spacial score (nSPS) is 10.8. The molecule has 0 spiro atoms. The summed E-state index contributed by atoms with van der Waals surface area (Å²) in [5, 5.41) is 4.04. The highest BCUT2D eigenvalue weighted by molar-refractivity contribution is 5.65. The number of anilines is 1. The Hall–Kier alpha value is -1.95. The molecular formula is C12H13F2N3O. The first kappa shape index (κ1) is 12.5. The quantitative estimate of drug-likeness (QED) is 0.848. The Bertz CT molecular complexity index is 554. The van der Waals surface area contributed by atoms with Crippen LogP contribution in [0.1, 0.15) is 0 Å². The third-order valence-electron chi connectivity index (χ3n) is 2.56. The fourth-order valence-corrected chi connectivity index (χ4v) is 1.59. The lowest BCUT2D eigenvalue weighted by Crippen LogP contribution is -2.03. The zero-order valence-corrected chi connectivity index (χ0v) is 9.86. The van der Waals surface area contributed by atoms with E-state index in [0.29, 0.717) is 18.7 Å². The summed E-state index contributed by atoms with van der Waals surface area (Å²) in [7, 11) is 1.58. The zero-order valence-electron chi connectivity index (χ0n) is 9.86. The predicted octanol–water partition coefficient (Wildman–Crippen LogP) is 2.06. The first-order valence-corrected chi connectivity index (χ1v) is 5.38. The zero-order chi connectivity index (χ0) is 13.1. The summed E-state index contributed by atoms with van der Waals surface area (Å²) < 4.78 is 33.5. The SMILES string of the molecule is COCCn1cc(-c2cc(F)c(N)cc2F)cn1. The average Bonchev–Trinajstić information content (AvgIpc) is 2.79. The molecule has 2 N–H and O–H groups in total. The van der Waals surface area contributed by atoms with Crippen molar-refractivity contribution < 1.29 is 13.5 Å². The van der Waals surface area contributed by atoms with Gasteiger partial charge < -0.3 is 10.5 Å². The van der Waals surface area contributed by atoms with Crippen LogP contribution in [0.4, 0.5) is 14.5 Å². The van der Waals surface area contributed by atoms with Gasteiger partial charge in [-0.1, -0.05) is 0 Å². The van der Waals surface area contributed by atoms with Gasteiger partial charge in [0, 0.05) is 30.5 Å². The fraction of sp³-hybridized carbons (Fsp3) is 0.250. The van der Waals surface area contributed by atoms with Crippen molar-refractivity contribution in [2.75, 3.05) is 19.5 Å². The molecule has 1 aromatic carbocycles. The van der Waals surface area contributed by atoms with Crippen LogP contribution in [-0.2, 0) is 11.3 Å². The van der Waals surface area contributed by atoms with E-state index in [-0.39, 0.29) is 11.3 Å². The van der Waals surface area contributed by atoms with Gasteiger partial charge in [-0.2, -0.15) is 5.10 Å². The minimum atomic E-state index is -0.643. The highest BCUT2D eigenvalue weighted by Crippen LogP contribution is 2.26. The van der Waals surface area contributed by atoms with Crippen molar-refractivity contribution in [3.8, 4) is 11.1 Å². The number of aromatic nitrogens is 2.